The Labute approximate surface area is 111 Å². The smallest absolute Gasteiger partial charge is 0.403 e. The lowest BCUT2D eigenvalue weighted by atomic mass is 9.92. The van der Waals surface area contributed by atoms with Crippen molar-refractivity contribution in [2.24, 2.45) is 0 Å². The summed E-state index contributed by atoms with van der Waals surface area (Å²) in [4.78, 5) is 10.8. The summed E-state index contributed by atoms with van der Waals surface area (Å²) >= 11 is 5.24. The molecule has 0 amide bonds. The fourth-order valence-electron chi connectivity index (χ4n) is 1.90. The molecule has 0 heterocycles. The molecule has 0 N–H and O–H groups in total. The van der Waals surface area contributed by atoms with E-state index < -0.39 is 5.43 Å². The first kappa shape index (κ1) is 12.7. The number of hydrogen-bond acceptors (Lipinski definition) is 2. The molecule has 18 heavy (non-hydrogen) atoms. The van der Waals surface area contributed by atoms with Crippen LogP contribution in [0, 0.1) is 0 Å². The number of ether oxygens (including phenoxy) is 1. The number of carbonyl (C=O) groups excluding carboxylic acids is 1. The first-order chi connectivity index (χ1) is 8.77. The van der Waals surface area contributed by atoms with E-state index in [1.165, 1.54) is 0 Å². The van der Waals surface area contributed by atoms with Gasteiger partial charge in [-0.25, -0.2) is 4.79 Å². The molecule has 0 aromatic heterocycles. The highest BCUT2D eigenvalue weighted by Crippen LogP contribution is 2.24. The molecule has 0 spiro atoms. The fraction of sp³-hybridized carbons (Fsp3) is 0.133. The molecule has 0 radical (unpaired) electrons. The zero-order valence-corrected chi connectivity index (χ0v) is 10.5. The van der Waals surface area contributed by atoms with E-state index in [1.54, 1.807) is 0 Å². The number of carbonyl (C=O) groups is 1. The third-order valence-electron chi connectivity index (χ3n) is 2.77. The van der Waals surface area contributed by atoms with Crippen molar-refractivity contribution in [2.75, 3.05) is 6.61 Å². The third kappa shape index (κ3) is 3.34. The van der Waals surface area contributed by atoms with Crippen molar-refractivity contribution >= 4 is 17.0 Å². The Morgan fingerprint density at radius 2 is 1.39 bits per heavy atom. The van der Waals surface area contributed by atoms with Crippen LogP contribution in [0.2, 0.25) is 0 Å². The predicted molar refractivity (Wildman–Crippen MR) is 71.9 cm³/mol. The van der Waals surface area contributed by atoms with Crippen molar-refractivity contribution in [2.45, 2.75) is 5.92 Å². The summed E-state index contributed by atoms with van der Waals surface area (Å²) in [6.07, 6.45) is 0. The monoisotopic (exact) mass is 260 g/mol. The highest BCUT2D eigenvalue weighted by atomic mass is 35.5. The maximum atomic E-state index is 10.8. The van der Waals surface area contributed by atoms with Gasteiger partial charge in [0.2, 0.25) is 0 Å². The number of halogens is 1. The van der Waals surface area contributed by atoms with Gasteiger partial charge in [0.1, 0.15) is 6.61 Å². The van der Waals surface area contributed by atoms with Crippen molar-refractivity contribution in [3.05, 3.63) is 71.8 Å². The summed E-state index contributed by atoms with van der Waals surface area (Å²) in [6, 6.07) is 19.8. The minimum atomic E-state index is -0.771. The lowest BCUT2D eigenvalue weighted by Gasteiger charge is -2.17. The largest absolute Gasteiger partial charge is 0.453 e. The molecule has 0 atom stereocenters. The van der Waals surface area contributed by atoms with Crippen LogP contribution >= 0.6 is 11.6 Å². The maximum absolute atomic E-state index is 10.8. The van der Waals surface area contributed by atoms with Crippen molar-refractivity contribution in [3.63, 3.8) is 0 Å². The van der Waals surface area contributed by atoms with E-state index in [4.69, 9.17) is 16.3 Å². The van der Waals surface area contributed by atoms with Crippen LogP contribution in [-0.2, 0) is 4.74 Å². The SMILES string of the molecule is O=C(Cl)OCC(c1ccccc1)c1ccccc1. The summed E-state index contributed by atoms with van der Waals surface area (Å²) in [7, 11) is 0. The van der Waals surface area contributed by atoms with Gasteiger partial charge in [0.05, 0.1) is 0 Å². The summed E-state index contributed by atoms with van der Waals surface area (Å²) in [5.74, 6) is 0.00935. The summed E-state index contributed by atoms with van der Waals surface area (Å²) in [5.41, 5.74) is 1.43. The zero-order chi connectivity index (χ0) is 12.8. The summed E-state index contributed by atoms with van der Waals surface area (Å²) in [5, 5.41) is 0. The third-order valence-corrected chi connectivity index (χ3v) is 2.88. The van der Waals surface area contributed by atoms with E-state index in [0.29, 0.717) is 0 Å². The highest BCUT2D eigenvalue weighted by molar-refractivity contribution is 6.61. The average molecular weight is 261 g/mol. The van der Waals surface area contributed by atoms with E-state index in [9.17, 15) is 4.79 Å². The Balaban J connectivity index is 2.26. The maximum Gasteiger partial charge on any atom is 0.403 e. The summed E-state index contributed by atoms with van der Waals surface area (Å²) < 4.78 is 4.94. The minimum absolute atomic E-state index is 0.00935. The van der Waals surface area contributed by atoms with Crippen LogP contribution in [-0.4, -0.2) is 12.0 Å². The second-order valence-corrected chi connectivity index (χ2v) is 4.23. The van der Waals surface area contributed by atoms with Gasteiger partial charge in [0.15, 0.2) is 0 Å². The second kappa shape index (κ2) is 6.22. The number of hydrogen-bond donors (Lipinski definition) is 0. The van der Waals surface area contributed by atoms with E-state index >= 15 is 0 Å². The zero-order valence-electron chi connectivity index (χ0n) is 9.75. The molecule has 0 saturated heterocycles. The Bertz CT molecular complexity index is 457. The lowest BCUT2D eigenvalue weighted by Crippen LogP contribution is -2.10. The van der Waals surface area contributed by atoms with Gasteiger partial charge in [-0.3, -0.25) is 0 Å². The van der Waals surface area contributed by atoms with Crippen LogP contribution in [0.5, 0.6) is 0 Å². The molecule has 0 unspecified atom stereocenters. The van der Waals surface area contributed by atoms with Crippen molar-refractivity contribution in [1.29, 1.82) is 0 Å². The molecule has 0 aliphatic rings. The highest BCUT2D eigenvalue weighted by Gasteiger charge is 2.15. The Kier molecular flexibility index (Phi) is 4.37. The van der Waals surface area contributed by atoms with Crippen molar-refractivity contribution < 1.29 is 9.53 Å². The first-order valence-electron chi connectivity index (χ1n) is 5.69. The molecule has 3 heteroatoms. The molecule has 2 nitrogen and oxygen atoms in total. The van der Waals surface area contributed by atoms with Gasteiger partial charge in [0, 0.05) is 17.5 Å². The van der Waals surface area contributed by atoms with Crippen LogP contribution < -0.4 is 0 Å². The van der Waals surface area contributed by atoms with Crippen LogP contribution in [0.25, 0.3) is 0 Å². The predicted octanol–water partition coefficient (Wildman–Crippen LogP) is 4.19. The molecule has 0 aliphatic carbocycles. The second-order valence-electron chi connectivity index (χ2n) is 3.92. The van der Waals surface area contributed by atoms with Crippen LogP contribution in [0.1, 0.15) is 17.0 Å². The Morgan fingerprint density at radius 3 is 1.78 bits per heavy atom. The molecule has 0 saturated carbocycles. The molecule has 92 valence electrons. The minimum Gasteiger partial charge on any atom is -0.453 e. The van der Waals surface area contributed by atoms with Gasteiger partial charge in [-0.1, -0.05) is 60.7 Å². The van der Waals surface area contributed by atoms with Gasteiger partial charge in [-0.15, -0.1) is 0 Å². The van der Waals surface area contributed by atoms with Gasteiger partial charge in [-0.2, -0.15) is 0 Å². The van der Waals surface area contributed by atoms with Gasteiger partial charge >= 0.3 is 5.43 Å². The quantitative estimate of drug-likeness (QED) is 0.771. The normalized spacial score (nSPS) is 10.3. The Morgan fingerprint density at radius 1 is 0.944 bits per heavy atom. The molecule has 0 fully saturated rings. The number of rotatable bonds is 4. The van der Waals surface area contributed by atoms with Gasteiger partial charge in [0.25, 0.3) is 0 Å². The van der Waals surface area contributed by atoms with E-state index in [-0.39, 0.29) is 12.5 Å². The molecular formula is C15H13ClO2. The first-order valence-corrected chi connectivity index (χ1v) is 6.07. The van der Waals surface area contributed by atoms with Crippen molar-refractivity contribution in [1.82, 2.24) is 0 Å². The van der Waals surface area contributed by atoms with E-state index in [0.717, 1.165) is 11.1 Å². The van der Waals surface area contributed by atoms with E-state index in [2.05, 4.69) is 0 Å². The Hall–Kier alpha value is -1.80. The molecule has 2 aromatic rings. The van der Waals surface area contributed by atoms with Gasteiger partial charge in [-0.05, 0) is 11.1 Å². The molecule has 0 bridgehead atoms. The van der Waals surface area contributed by atoms with Crippen LogP contribution in [0.3, 0.4) is 0 Å². The average Bonchev–Trinajstić information content (AvgIpc) is 2.41. The van der Waals surface area contributed by atoms with Crippen molar-refractivity contribution in [3.8, 4) is 0 Å². The molecular weight excluding hydrogens is 248 g/mol. The topological polar surface area (TPSA) is 26.3 Å². The fourth-order valence-corrected chi connectivity index (χ4v) is 1.97. The summed E-state index contributed by atoms with van der Waals surface area (Å²) in [6.45, 7) is 0.246. The van der Waals surface area contributed by atoms with Crippen LogP contribution in [0.4, 0.5) is 4.79 Å². The van der Waals surface area contributed by atoms with Gasteiger partial charge < -0.3 is 4.74 Å². The molecule has 0 aliphatic heterocycles. The molecule has 2 aromatic carbocycles. The van der Waals surface area contributed by atoms with E-state index in [1.807, 2.05) is 60.7 Å². The number of benzene rings is 2. The lowest BCUT2D eigenvalue weighted by molar-refractivity contribution is 0.169. The standard InChI is InChI=1S/C15H13ClO2/c16-15(17)18-11-14(12-7-3-1-4-8-12)13-9-5-2-6-10-13/h1-10,14H,11H2. The van der Waals surface area contributed by atoms with Crippen LogP contribution in [0.15, 0.2) is 60.7 Å². The molecule has 2 rings (SSSR count).